The molecule has 0 aliphatic carbocycles. The minimum atomic E-state index is 0.335. The van der Waals surface area contributed by atoms with Gasteiger partial charge in [-0.2, -0.15) is 5.26 Å². The van der Waals surface area contributed by atoms with Crippen LogP contribution in [0.2, 0.25) is 5.02 Å². The van der Waals surface area contributed by atoms with Gasteiger partial charge in [0.15, 0.2) is 0 Å². The Morgan fingerprint density at radius 1 is 1.25 bits per heavy atom. The predicted molar refractivity (Wildman–Crippen MR) is 64.0 cm³/mol. The van der Waals surface area contributed by atoms with Crippen LogP contribution in [0.15, 0.2) is 42.6 Å². The molecule has 2 nitrogen and oxygen atoms in total. The quantitative estimate of drug-likeness (QED) is 0.789. The molecule has 2 aromatic rings. The summed E-state index contributed by atoms with van der Waals surface area (Å²) in [4.78, 5) is 4.28. The fourth-order valence-electron chi connectivity index (χ4n) is 1.47. The maximum absolute atomic E-state index is 8.58. The van der Waals surface area contributed by atoms with Crippen molar-refractivity contribution in [1.82, 2.24) is 4.98 Å². The molecule has 0 N–H and O–H groups in total. The highest BCUT2D eigenvalue weighted by atomic mass is 35.5. The largest absolute Gasteiger partial charge is 0.254 e. The summed E-state index contributed by atoms with van der Waals surface area (Å²) in [5.74, 6) is 0. The molecular weight excluding hydrogens is 220 g/mol. The number of hydrogen-bond donors (Lipinski definition) is 0. The van der Waals surface area contributed by atoms with Gasteiger partial charge >= 0.3 is 0 Å². The zero-order valence-electron chi connectivity index (χ0n) is 8.52. The van der Waals surface area contributed by atoms with Crippen molar-refractivity contribution in [3.8, 4) is 17.3 Å². The van der Waals surface area contributed by atoms with Gasteiger partial charge in [0.2, 0.25) is 0 Å². The molecule has 0 saturated carbocycles. The van der Waals surface area contributed by atoms with Crippen LogP contribution in [0.3, 0.4) is 0 Å². The number of nitriles is 1. The highest BCUT2D eigenvalue weighted by Gasteiger charge is 2.05. The topological polar surface area (TPSA) is 36.7 Å². The minimum Gasteiger partial charge on any atom is -0.254 e. The first kappa shape index (κ1) is 10.7. The predicted octanol–water partition coefficient (Wildman–Crippen LogP) is 3.47. The third-order valence-electron chi connectivity index (χ3n) is 2.23. The van der Waals surface area contributed by atoms with Gasteiger partial charge < -0.3 is 0 Å². The van der Waals surface area contributed by atoms with Gasteiger partial charge in [0.1, 0.15) is 0 Å². The van der Waals surface area contributed by atoms with E-state index in [9.17, 15) is 0 Å². The fraction of sp³-hybridized carbons (Fsp3) is 0.0769. The van der Waals surface area contributed by atoms with Crippen molar-refractivity contribution in [2.45, 2.75) is 6.42 Å². The number of hydrogen-bond acceptors (Lipinski definition) is 2. The van der Waals surface area contributed by atoms with Crippen LogP contribution in [0.25, 0.3) is 11.3 Å². The van der Waals surface area contributed by atoms with Crippen molar-refractivity contribution in [2.75, 3.05) is 0 Å². The molecule has 0 unspecified atom stereocenters. The monoisotopic (exact) mass is 228 g/mol. The van der Waals surface area contributed by atoms with E-state index in [-0.39, 0.29) is 0 Å². The second kappa shape index (κ2) is 4.78. The van der Waals surface area contributed by atoms with Crippen LogP contribution in [0.4, 0.5) is 0 Å². The first-order valence-electron chi connectivity index (χ1n) is 4.88. The summed E-state index contributed by atoms with van der Waals surface area (Å²) in [6, 6.07) is 13.6. The van der Waals surface area contributed by atoms with Crippen LogP contribution in [-0.2, 0) is 6.42 Å². The van der Waals surface area contributed by atoms with Gasteiger partial charge in [-0.1, -0.05) is 41.9 Å². The first-order chi connectivity index (χ1) is 7.81. The number of pyridine rings is 1. The summed E-state index contributed by atoms with van der Waals surface area (Å²) >= 11 is 6.13. The van der Waals surface area contributed by atoms with E-state index < -0.39 is 0 Å². The molecule has 0 atom stereocenters. The van der Waals surface area contributed by atoms with E-state index in [0.717, 1.165) is 16.8 Å². The van der Waals surface area contributed by atoms with Gasteiger partial charge in [-0.05, 0) is 11.6 Å². The fourth-order valence-corrected chi connectivity index (χ4v) is 1.77. The molecule has 0 spiro atoms. The smallest absolute Gasteiger partial charge is 0.0888 e. The highest BCUT2D eigenvalue weighted by Crippen LogP contribution is 2.25. The number of aromatic nitrogens is 1. The third kappa shape index (κ3) is 2.21. The second-order valence-corrected chi connectivity index (χ2v) is 3.78. The molecule has 0 fully saturated rings. The van der Waals surface area contributed by atoms with Crippen LogP contribution in [0.5, 0.6) is 0 Å². The molecular formula is C13H9ClN2. The van der Waals surface area contributed by atoms with E-state index in [1.165, 1.54) is 0 Å². The van der Waals surface area contributed by atoms with Gasteiger partial charge in [-0.15, -0.1) is 0 Å². The lowest BCUT2D eigenvalue weighted by Gasteiger charge is -2.04. The van der Waals surface area contributed by atoms with Gasteiger partial charge in [-0.25, -0.2) is 0 Å². The lowest BCUT2D eigenvalue weighted by atomic mass is 10.1. The van der Waals surface area contributed by atoms with Crippen molar-refractivity contribution < 1.29 is 0 Å². The molecule has 0 aliphatic rings. The van der Waals surface area contributed by atoms with Crippen molar-refractivity contribution >= 4 is 11.6 Å². The molecule has 0 aliphatic heterocycles. The molecule has 1 aromatic carbocycles. The number of benzene rings is 1. The maximum atomic E-state index is 8.58. The molecule has 0 bridgehead atoms. The van der Waals surface area contributed by atoms with Crippen molar-refractivity contribution in [2.24, 2.45) is 0 Å². The number of rotatable bonds is 2. The van der Waals surface area contributed by atoms with Crippen molar-refractivity contribution in [1.29, 1.82) is 5.26 Å². The Balaban J connectivity index is 2.41. The van der Waals surface area contributed by atoms with Crippen LogP contribution in [0.1, 0.15) is 5.56 Å². The zero-order chi connectivity index (χ0) is 11.4. The zero-order valence-corrected chi connectivity index (χ0v) is 9.28. The van der Waals surface area contributed by atoms with Gasteiger partial charge in [-0.3, -0.25) is 4.98 Å². The van der Waals surface area contributed by atoms with E-state index in [1.807, 2.05) is 30.3 Å². The molecule has 0 amide bonds. The maximum Gasteiger partial charge on any atom is 0.0888 e. The Morgan fingerprint density at radius 3 is 2.62 bits per heavy atom. The normalized spacial score (nSPS) is 9.75. The SMILES string of the molecule is N#CCc1cnc(-c2ccccc2)c(Cl)c1. The van der Waals surface area contributed by atoms with E-state index >= 15 is 0 Å². The average molecular weight is 229 g/mol. The molecule has 3 heteroatoms. The Bertz CT molecular complexity index is 529. The average Bonchev–Trinajstić information content (AvgIpc) is 2.31. The van der Waals surface area contributed by atoms with Crippen LogP contribution in [-0.4, -0.2) is 4.98 Å². The van der Waals surface area contributed by atoms with Gasteiger partial charge in [0.05, 0.1) is 23.2 Å². The Kier molecular flexibility index (Phi) is 3.19. The Hall–Kier alpha value is -1.85. The molecule has 0 saturated heterocycles. The molecule has 78 valence electrons. The summed E-state index contributed by atoms with van der Waals surface area (Å²) in [7, 11) is 0. The van der Waals surface area contributed by atoms with E-state index in [1.54, 1.807) is 12.3 Å². The minimum absolute atomic E-state index is 0.335. The van der Waals surface area contributed by atoms with Crippen LogP contribution < -0.4 is 0 Å². The second-order valence-electron chi connectivity index (χ2n) is 3.37. The van der Waals surface area contributed by atoms with E-state index in [0.29, 0.717) is 11.4 Å². The molecule has 2 rings (SSSR count). The van der Waals surface area contributed by atoms with E-state index in [2.05, 4.69) is 11.1 Å². The summed E-state index contributed by atoms with van der Waals surface area (Å²) in [6.45, 7) is 0. The molecule has 0 radical (unpaired) electrons. The van der Waals surface area contributed by atoms with Crippen molar-refractivity contribution in [3.63, 3.8) is 0 Å². The standard InChI is InChI=1S/C13H9ClN2/c14-12-8-10(6-7-15)9-16-13(12)11-4-2-1-3-5-11/h1-5,8-9H,6H2. The first-order valence-corrected chi connectivity index (χ1v) is 5.26. The van der Waals surface area contributed by atoms with Crippen molar-refractivity contribution in [3.05, 3.63) is 53.2 Å². The van der Waals surface area contributed by atoms with Crippen LogP contribution >= 0.6 is 11.6 Å². The highest BCUT2D eigenvalue weighted by molar-refractivity contribution is 6.33. The Morgan fingerprint density at radius 2 is 2.00 bits per heavy atom. The molecule has 16 heavy (non-hydrogen) atoms. The van der Waals surface area contributed by atoms with E-state index in [4.69, 9.17) is 16.9 Å². The van der Waals surface area contributed by atoms with Crippen LogP contribution in [0, 0.1) is 11.3 Å². The van der Waals surface area contributed by atoms with Gasteiger partial charge in [0.25, 0.3) is 0 Å². The third-order valence-corrected chi connectivity index (χ3v) is 2.52. The summed E-state index contributed by atoms with van der Waals surface area (Å²) < 4.78 is 0. The lowest BCUT2D eigenvalue weighted by Crippen LogP contribution is -1.89. The van der Waals surface area contributed by atoms with Gasteiger partial charge in [0, 0.05) is 11.8 Å². The molecule has 1 heterocycles. The number of nitrogens with zero attached hydrogens (tertiary/aromatic N) is 2. The molecule has 1 aromatic heterocycles. The lowest BCUT2D eigenvalue weighted by molar-refractivity contribution is 1.19. The Labute approximate surface area is 99.1 Å². The summed E-state index contributed by atoms with van der Waals surface area (Å²) in [6.07, 6.45) is 2.03. The summed E-state index contributed by atoms with van der Waals surface area (Å²) in [5, 5.41) is 9.16. The number of halogens is 1. The summed E-state index contributed by atoms with van der Waals surface area (Å²) in [5.41, 5.74) is 2.58.